The van der Waals surface area contributed by atoms with E-state index in [-0.39, 0.29) is 50.7 Å². The summed E-state index contributed by atoms with van der Waals surface area (Å²) in [5, 5.41) is 14.1. The molecule has 2 fully saturated rings. The Morgan fingerprint density at radius 2 is 1.91 bits per heavy atom. The van der Waals surface area contributed by atoms with E-state index >= 15 is 0 Å². The lowest BCUT2D eigenvalue weighted by atomic mass is 9.90. The first kappa shape index (κ1) is 25.0. The van der Waals surface area contributed by atoms with Gasteiger partial charge in [0.2, 0.25) is 0 Å². The van der Waals surface area contributed by atoms with Crippen LogP contribution in [0.25, 0.3) is 0 Å². The molecule has 32 heavy (non-hydrogen) atoms. The van der Waals surface area contributed by atoms with Gasteiger partial charge in [0, 0.05) is 17.9 Å². The lowest BCUT2D eigenvalue weighted by Gasteiger charge is -2.41. The Morgan fingerprint density at radius 3 is 2.50 bits per heavy atom. The molecule has 0 radical (unpaired) electrons. The summed E-state index contributed by atoms with van der Waals surface area (Å²) in [6.45, 7) is 1.58. The molecule has 0 bridgehead atoms. The summed E-state index contributed by atoms with van der Waals surface area (Å²) in [6, 6.07) is 6.46. The number of halogens is 4. The van der Waals surface area contributed by atoms with Crippen LogP contribution < -0.4 is 10.1 Å². The van der Waals surface area contributed by atoms with Crippen molar-refractivity contribution >= 4 is 17.5 Å². The van der Waals surface area contributed by atoms with Crippen molar-refractivity contribution in [1.29, 1.82) is 0 Å². The summed E-state index contributed by atoms with van der Waals surface area (Å²) in [6.07, 6.45) is -5.09. The van der Waals surface area contributed by atoms with Crippen LogP contribution in [0.1, 0.15) is 32.6 Å². The quantitative estimate of drug-likeness (QED) is 0.563. The highest BCUT2D eigenvalue weighted by atomic mass is 35.5. The van der Waals surface area contributed by atoms with Crippen LogP contribution in [0, 0.1) is 0 Å². The average molecular weight is 482 g/mol. The molecular weight excluding hydrogens is 455 g/mol. The molecular formula is C21H27ClF3NO6. The third-order valence-corrected chi connectivity index (χ3v) is 5.73. The Kier molecular flexibility index (Phi) is 8.26. The molecule has 180 valence electrons. The molecule has 1 aromatic rings. The maximum absolute atomic E-state index is 12.2. The topological polar surface area (TPSA) is 86.2 Å². The Hall–Kier alpha value is -1.59. The predicted octanol–water partition coefficient (Wildman–Crippen LogP) is 3.22. The van der Waals surface area contributed by atoms with E-state index in [1.807, 2.05) is 0 Å². The number of rotatable bonds is 9. The molecule has 1 aromatic carbocycles. The molecule has 1 aliphatic heterocycles. The van der Waals surface area contributed by atoms with Crippen molar-refractivity contribution in [1.82, 2.24) is 5.32 Å². The largest absolute Gasteiger partial charge is 0.522 e. The normalized spacial score (nSPS) is 27.8. The number of carbonyl (C=O) groups excluding carboxylic acids is 1. The fourth-order valence-electron chi connectivity index (χ4n) is 3.62. The van der Waals surface area contributed by atoms with E-state index in [1.165, 1.54) is 0 Å². The molecule has 3 atom stereocenters. The van der Waals surface area contributed by atoms with Crippen molar-refractivity contribution in [2.24, 2.45) is 0 Å². The number of hydrogen-bond donors (Lipinski definition) is 2. The molecule has 2 N–H and O–H groups in total. The number of nitrogens with one attached hydrogen (secondary N) is 1. The predicted molar refractivity (Wildman–Crippen MR) is 108 cm³/mol. The van der Waals surface area contributed by atoms with Crippen LogP contribution in [0.5, 0.6) is 5.75 Å². The maximum atomic E-state index is 12.2. The molecule has 11 heteroatoms. The fourth-order valence-corrected chi connectivity index (χ4v) is 3.75. The Labute approximate surface area is 189 Å². The zero-order valence-electron chi connectivity index (χ0n) is 17.6. The van der Waals surface area contributed by atoms with Gasteiger partial charge in [0.1, 0.15) is 11.4 Å². The highest BCUT2D eigenvalue weighted by Crippen LogP contribution is 2.33. The van der Waals surface area contributed by atoms with Crippen LogP contribution in [-0.2, 0) is 19.0 Å². The molecule has 0 aromatic heterocycles. The molecule has 3 rings (SSSR count). The van der Waals surface area contributed by atoms with E-state index in [1.54, 1.807) is 31.2 Å². The van der Waals surface area contributed by atoms with Gasteiger partial charge in [-0.25, -0.2) is 0 Å². The van der Waals surface area contributed by atoms with Crippen LogP contribution in [-0.4, -0.2) is 67.2 Å². The van der Waals surface area contributed by atoms with Crippen LogP contribution >= 0.6 is 11.6 Å². The highest BCUT2D eigenvalue weighted by Gasteiger charge is 2.42. The second-order valence-electron chi connectivity index (χ2n) is 8.35. The number of amides is 1. The maximum Gasteiger partial charge on any atom is 0.522 e. The van der Waals surface area contributed by atoms with E-state index < -0.39 is 24.2 Å². The van der Waals surface area contributed by atoms with Gasteiger partial charge in [0.05, 0.1) is 37.6 Å². The van der Waals surface area contributed by atoms with Gasteiger partial charge in [-0.05, 0) is 44.0 Å². The van der Waals surface area contributed by atoms with Crippen molar-refractivity contribution in [3.63, 3.8) is 0 Å². The van der Waals surface area contributed by atoms with Crippen molar-refractivity contribution < 1.29 is 42.0 Å². The second kappa shape index (κ2) is 10.6. The van der Waals surface area contributed by atoms with Gasteiger partial charge in [-0.3, -0.25) is 9.53 Å². The minimum Gasteiger partial charge on any atom is -0.484 e. The smallest absolute Gasteiger partial charge is 0.484 e. The molecule has 1 heterocycles. The third-order valence-electron chi connectivity index (χ3n) is 5.48. The van der Waals surface area contributed by atoms with Gasteiger partial charge < -0.3 is 24.6 Å². The first-order valence-electron chi connectivity index (χ1n) is 10.4. The van der Waals surface area contributed by atoms with Crippen molar-refractivity contribution in [2.75, 3.05) is 19.8 Å². The van der Waals surface area contributed by atoms with Crippen molar-refractivity contribution in [2.45, 2.75) is 68.9 Å². The Balaban J connectivity index is 1.32. The summed E-state index contributed by atoms with van der Waals surface area (Å²) in [4.78, 5) is 12.1. The second-order valence-corrected chi connectivity index (χ2v) is 8.79. The number of hydrogen-bond acceptors (Lipinski definition) is 6. The minimum absolute atomic E-state index is 0.0625. The lowest BCUT2D eigenvalue weighted by Crippen LogP contribution is -2.53. The fraction of sp³-hybridized carbons (Fsp3) is 0.667. The summed E-state index contributed by atoms with van der Waals surface area (Å²) in [5.41, 5.74) is -1.30. The van der Waals surface area contributed by atoms with Gasteiger partial charge in [0.25, 0.3) is 5.91 Å². The van der Waals surface area contributed by atoms with E-state index in [4.69, 9.17) is 25.8 Å². The third kappa shape index (κ3) is 7.77. The summed E-state index contributed by atoms with van der Waals surface area (Å²) < 4.78 is 57.1. The van der Waals surface area contributed by atoms with E-state index in [2.05, 4.69) is 10.1 Å². The standard InChI is InChI=1S/C21H27ClF3NO6/c1-20(28,12-31-16-8-17(9-16)32-21(23,24)25)18-7-4-14(10-30-18)26-19(27)11-29-15-5-2-13(22)3-6-15/h2-3,5-6,14,16-18,28H,4,7-12H2,1H3,(H,26,27)/t14-,16?,17?,18+,20-/m0/s1. The van der Waals surface area contributed by atoms with Crippen molar-refractivity contribution in [3.8, 4) is 5.75 Å². The van der Waals surface area contributed by atoms with Crippen LogP contribution in [0.4, 0.5) is 13.2 Å². The van der Waals surface area contributed by atoms with Crippen LogP contribution in [0.2, 0.25) is 5.02 Å². The molecule has 1 aliphatic carbocycles. The monoisotopic (exact) mass is 481 g/mol. The SMILES string of the molecule is C[C@](O)(COC1CC(OC(F)(F)F)C1)[C@H]1CC[C@H](NC(=O)COc2ccc(Cl)cc2)CO1. The number of ether oxygens (including phenoxy) is 4. The van der Waals surface area contributed by atoms with Gasteiger partial charge in [-0.15, -0.1) is 13.2 Å². The Morgan fingerprint density at radius 1 is 1.22 bits per heavy atom. The number of carbonyl (C=O) groups is 1. The number of alkyl halides is 3. The van der Waals surface area contributed by atoms with E-state index in [9.17, 15) is 23.1 Å². The van der Waals surface area contributed by atoms with Gasteiger partial charge in [-0.2, -0.15) is 0 Å². The molecule has 2 aliphatic rings. The number of benzene rings is 1. The number of aliphatic hydroxyl groups is 1. The first-order chi connectivity index (χ1) is 15.0. The van der Waals surface area contributed by atoms with Gasteiger partial charge in [0.15, 0.2) is 6.61 Å². The molecule has 1 saturated heterocycles. The zero-order valence-corrected chi connectivity index (χ0v) is 18.3. The van der Waals surface area contributed by atoms with Crippen LogP contribution in [0.15, 0.2) is 24.3 Å². The minimum atomic E-state index is -4.65. The van der Waals surface area contributed by atoms with Gasteiger partial charge in [-0.1, -0.05) is 11.6 Å². The van der Waals surface area contributed by atoms with Crippen molar-refractivity contribution in [3.05, 3.63) is 29.3 Å². The first-order valence-corrected chi connectivity index (χ1v) is 10.8. The summed E-state index contributed by atoms with van der Waals surface area (Å²) in [5.74, 6) is 0.242. The summed E-state index contributed by atoms with van der Waals surface area (Å²) >= 11 is 5.80. The molecule has 7 nitrogen and oxygen atoms in total. The average Bonchev–Trinajstić information content (AvgIpc) is 2.69. The molecule has 1 saturated carbocycles. The van der Waals surface area contributed by atoms with Crippen LogP contribution in [0.3, 0.4) is 0 Å². The van der Waals surface area contributed by atoms with Gasteiger partial charge >= 0.3 is 6.36 Å². The summed E-state index contributed by atoms with van der Waals surface area (Å²) in [7, 11) is 0. The Bertz CT molecular complexity index is 747. The molecule has 0 unspecified atom stereocenters. The van der Waals surface area contributed by atoms with E-state index in [0.29, 0.717) is 23.6 Å². The highest BCUT2D eigenvalue weighted by molar-refractivity contribution is 6.30. The molecule has 1 amide bonds. The molecule has 0 spiro atoms. The lowest BCUT2D eigenvalue weighted by molar-refractivity contribution is -0.358. The zero-order chi connectivity index (χ0) is 23.4. The van der Waals surface area contributed by atoms with E-state index in [0.717, 1.165) is 0 Å².